The maximum Gasteiger partial charge on any atom is 0.508 e. The lowest BCUT2D eigenvalue weighted by molar-refractivity contribution is -0.790. The van der Waals surface area contributed by atoms with Crippen molar-refractivity contribution in [1.82, 2.24) is 0 Å². The van der Waals surface area contributed by atoms with Gasteiger partial charge in [-0.15, -0.1) is 20.2 Å². The van der Waals surface area contributed by atoms with E-state index in [2.05, 4.69) is 19.1 Å². The monoisotopic (exact) mass is 369 g/mol. The summed E-state index contributed by atoms with van der Waals surface area (Å²) in [6, 6.07) is -1.39. The van der Waals surface area contributed by atoms with Crippen LogP contribution in [-0.4, -0.2) is 58.9 Å². The second-order valence-corrected chi connectivity index (χ2v) is 4.75. The van der Waals surface area contributed by atoms with Crippen molar-refractivity contribution >= 4 is 12.1 Å². The first kappa shape index (κ1) is 22.1. The molecule has 0 rings (SSSR count). The van der Waals surface area contributed by atoms with Gasteiger partial charge in [0.25, 0.3) is 10.2 Å². The summed E-state index contributed by atoms with van der Waals surface area (Å²) in [4.78, 5) is 50.4. The summed E-state index contributed by atoms with van der Waals surface area (Å²) in [5, 5.41) is 26.8. The third kappa shape index (κ3) is 11.3. The molecule has 144 valence electrons. The number of ether oxygens (including phenoxy) is 2. The molecule has 0 bridgehead atoms. The van der Waals surface area contributed by atoms with E-state index in [1.165, 1.54) is 6.92 Å². The molecule has 14 nitrogen and oxygen atoms in total. The normalized spacial score (nSPS) is 13.8. The summed E-state index contributed by atoms with van der Waals surface area (Å²) in [6.45, 7) is 0.561. The van der Waals surface area contributed by atoms with Crippen LogP contribution in [0.15, 0.2) is 0 Å². The van der Waals surface area contributed by atoms with Crippen LogP contribution in [0.2, 0.25) is 0 Å². The van der Waals surface area contributed by atoms with Gasteiger partial charge in [-0.05, 0) is 26.2 Å². The summed E-state index contributed by atoms with van der Waals surface area (Å²) >= 11 is 0. The fourth-order valence-corrected chi connectivity index (χ4v) is 1.52. The molecule has 25 heavy (non-hydrogen) atoms. The lowest BCUT2D eigenvalue weighted by Crippen LogP contribution is -2.42. The first-order chi connectivity index (χ1) is 11.6. The smallest absolute Gasteiger partial charge is 0.480 e. The number of carbonyl (C=O) groups is 2. The minimum Gasteiger partial charge on any atom is -0.480 e. The molecule has 0 fully saturated rings. The van der Waals surface area contributed by atoms with Crippen molar-refractivity contribution in [3.63, 3.8) is 0 Å². The number of unbranched alkanes of at least 4 members (excludes halogenated alkanes) is 1. The fraction of sp³-hybridized carbons (Fsp3) is 0.818. The minimum absolute atomic E-state index is 0.0491. The highest BCUT2D eigenvalue weighted by Gasteiger charge is 2.24. The number of nitrogens with zero attached hydrogens (tertiary/aromatic N) is 2. The molecule has 0 aliphatic heterocycles. The van der Waals surface area contributed by atoms with Gasteiger partial charge in [-0.25, -0.2) is 4.79 Å². The second-order valence-electron chi connectivity index (χ2n) is 4.75. The van der Waals surface area contributed by atoms with E-state index in [1.807, 2.05) is 0 Å². The van der Waals surface area contributed by atoms with Crippen LogP contribution in [0.4, 0.5) is 4.79 Å². The summed E-state index contributed by atoms with van der Waals surface area (Å²) in [6.07, 6.45) is -2.77. The molecule has 3 unspecified atom stereocenters. The largest absolute Gasteiger partial charge is 0.508 e. The highest BCUT2D eigenvalue weighted by molar-refractivity contribution is 5.74. The SMILES string of the molecule is CC(OC(=O)OCCCCC(CO[N+](=O)[O-])O[N+](=O)[O-])C(N)C(=O)O. The lowest BCUT2D eigenvalue weighted by atomic mass is 10.2. The van der Waals surface area contributed by atoms with Crippen LogP contribution in [0.5, 0.6) is 0 Å². The Bertz CT molecular complexity index is 472. The summed E-state index contributed by atoms with van der Waals surface area (Å²) in [7, 11) is 0. The molecule has 0 heterocycles. The van der Waals surface area contributed by atoms with Crippen molar-refractivity contribution in [2.24, 2.45) is 5.73 Å². The standard InChI is InChI=1S/C11H19N3O11/c1-7(9(12)10(15)16)24-11(17)22-5-3-2-4-8(25-14(20)21)6-23-13(18)19/h7-9H,2-6,12H2,1H3,(H,15,16). The molecular weight excluding hydrogens is 350 g/mol. The highest BCUT2D eigenvalue weighted by atomic mass is 17.0. The van der Waals surface area contributed by atoms with Crippen LogP contribution < -0.4 is 5.73 Å². The van der Waals surface area contributed by atoms with Gasteiger partial charge in [0.05, 0.1) is 6.61 Å². The van der Waals surface area contributed by atoms with Gasteiger partial charge in [-0.2, -0.15) is 0 Å². The average Bonchev–Trinajstić information content (AvgIpc) is 2.50. The summed E-state index contributed by atoms with van der Waals surface area (Å²) < 4.78 is 9.32. The number of carboxylic acids is 1. The molecule has 0 amide bonds. The topological polar surface area (TPSA) is 204 Å². The maximum absolute atomic E-state index is 11.3. The van der Waals surface area contributed by atoms with E-state index in [1.54, 1.807) is 0 Å². The van der Waals surface area contributed by atoms with E-state index in [4.69, 9.17) is 10.8 Å². The third-order valence-electron chi connectivity index (χ3n) is 2.81. The van der Waals surface area contributed by atoms with Crippen molar-refractivity contribution in [2.75, 3.05) is 13.2 Å². The molecule has 0 aromatic heterocycles. The first-order valence-corrected chi connectivity index (χ1v) is 7.03. The van der Waals surface area contributed by atoms with Gasteiger partial charge in [-0.3, -0.25) is 4.79 Å². The number of hydrogen-bond acceptors (Lipinski definition) is 11. The van der Waals surface area contributed by atoms with Crippen molar-refractivity contribution < 1.29 is 44.0 Å². The van der Waals surface area contributed by atoms with Gasteiger partial charge in [0, 0.05) is 0 Å². The zero-order chi connectivity index (χ0) is 19.4. The van der Waals surface area contributed by atoms with Gasteiger partial charge in [-0.1, -0.05) is 0 Å². The van der Waals surface area contributed by atoms with Gasteiger partial charge in [0.2, 0.25) is 0 Å². The maximum atomic E-state index is 11.3. The number of rotatable bonds is 13. The molecular formula is C11H19N3O11. The Labute approximate surface area is 141 Å². The summed E-state index contributed by atoms with van der Waals surface area (Å²) in [5.74, 6) is -1.34. The molecule has 0 aromatic carbocycles. The third-order valence-corrected chi connectivity index (χ3v) is 2.81. The van der Waals surface area contributed by atoms with Gasteiger partial charge < -0.3 is 30.0 Å². The highest BCUT2D eigenvalue weighted by Crippen LogP contribution is 2.07. The number of hydrogen-bond donors (Lipinski definition) is 2. The van der Waals surface area contributed by atoms with Crippen molar-refractivity contribution in [3.8, 4) is 0 Å². The van der Waals surface area contributed by atoms with E-state index < -0.39 is 47.2 Å². The molecule has 3 N–H and O–H groups in total. The van der Waals surface area contributed by atoms with Gasteiger partial charge in [0.1, 0.15) is 24.9 Å². The minimum atomic E-state index is -1.39. The van der Waals surface area contributed by atoms with Crippen LogP contribution in [0, 0.1) is 20.2 Å². The van der Waals surface area contributed by atoms with Gasteiger partial charge >= 0.3 is 12.1 Å². The Hall–Kier alpha value is -2.90. The predicted octanol–water partition coefficient (Wildman–Crippen LogP) is -0.104. The molecule has 3 atom stereocenters. The number of carbonyl (C=O) groups excluding carboxylic acids is 1. The van der Waals surface area contributed by atoms with Crippen LogP contribution in [0.25, 0.3) is 0 Å². The van der Waals surface area contributed by atoms with Crippen molar-refractivity contribution in [3.05, 3.63) is 20.2 Å². The lowest BCUT2D eigenvalue weighted by Gasteiger charge is -2.16. The number of nitrogens with two attached hydrogens (primary N) is 1. The predicted molar refractivity (Wildman–Crippen MR) is 76.2 cm³/mol. The quantitative estimate of drug-likeness (QED) is 0.189. The fourth-order valence-electron chi connectivity index (χ4n) is 1.52. The van der Waals surface area contributed by atoms with Crippen LogP contribution in [0.3, 0.4) is 0 Å². The number of aliphatic carboxylic acids is 1. The molecule has 0 aliphatic carbocycles. The van der Waals surface area contributed by atoms with E-state index in [0.717, 1.165) is 0 Å². The van der Waals surface area contributed by atoms with E-state index in [-0.39, 0.29) is 25.9 Å². The Balaban J connectivity index is 4.00. The van der Waals surface area contributed by atoms with Crippen LogP contribution in [0.1, 0.15) is 26.2 Å². The van der Waals surface area contributed by atoms with E-state index in [0.29, 0.717) is 0 Å². The van der Waals surface area contributed by atoms with E-state index in [9.17, 15) is 29.8 Å². The molecule has 0 aromatic rings. The Morgan fingerprint density at radius 2 is 1.84 bits per heavy atom. The van der Waals surface area contributed by atoms with Gasteiger partial charge in [0.15, 0.2) is 0 Å². The molecule has 0 spiro atoms. The number of carboxylic acid groups (broad SMARTS) is 1. The Morgan fingerprint density at radius 3 is 2.36 bits per heavy atom. The zero-order valence-corrected chi connectivity index (χ0v) is 13.3. The molecule has 0 aliphatic rings. The Kier molecular flexibility index (Phi) is 10.3. The average molecular weight is 369 g/mol. The first-order valence-electron chi connectivity index (χ1n) is 7.03. The van der Waals surface area contributed by atoms with E-state index >= 15 is 0 Å². The zero-order valence-electron chi connectivity index (χ0n) is 13.3. The van der Waals surface area contributed by atoms with Crippen LogP contribution >= 0.6 is 0 Å². The van der Waals surface area contributed by atoms with Crippen LogP contribution in [-0.2, 0) is 23.9 Å². The molecule has 0 saturated heterocycles. The van der Waals surface area contributed by atoms with Crippen molar-refractivity contribution in [2.45, 2.75) is 44.4 Å². The Morgan fingerprint density at radius 1 is 1.20 bits per heavy atom. The second kappa shape index (κ2) is 11.6. The molecule has 14 heteroatoms. The van der Waals surface area contributed by atoms with Crippen molar-refractivity contribution in [1.29, 1.82) is 0 Å². The molecule has 0 saturated carbocycles. The summed E-state index contributed by atoms with van der Waals surface area (Å²) in [5.41, 5.74) is 5.25. The molecule has 0 radical (unpaired) electrons.